The zero-order valence-electron chi connectivity index (χ0n) is 19.1. The minimum absolute atomic E-state index is 0.0155. The summed E-state index contributed by atoms with van der Waals surface area (Å²) >= 11 is 7.72. The molecule has 0 spiro atoms. The van der Waals surface area contributed by atoms with Crippen molar-refractivity contribution in [3.05, 3.63) is 52.3 Å². The highest BCUT2D eigenvalue weighted by molar-refractivity contribution is 7.99. The lowest BCUT2D eigenvalue weighted by atomic mass is 9.98. The number of carbonyl (C=O) groups excluding carboxylic acids is 1. The summed E-state index contributed by atoms with van der Waals surface area (Å²) in [6.45, 7) is 4.89. The van der Waals surface area contributed by atoms with Crippen LogP contribution in [0, 0.1) is 6.92 Å². The van der Waals surface area contributed by atoms with Gasteiger partial charge in [-0.05, 0) is 57.2 Å². The van der Waals surface area contributed by atoms with Crippen molar-refractivity contribution in [2.75, 3.05) is 35.5 Å². The summed E-state index contributed by atoms with van der Waals surface area (Å²) in [5.74, 6) is 1.01. The van der Waals surface area contributed by atoms with Gasteiger partial charge < -0.3 is 14.5 Å². The Kier molecular flexibility index (Phi) is 6.38. The first-order chi connectivity index (χ1) is 16.0. The average Bonchev–Trinajstić information content (AvgIpc) is 3.50. The lowest BCUT2D eigenvalue weighted by Gasteiger charge is -2.35. The third-order valence-electron chi connectivity index (χ3n) is 6.57. The maximum atomic E-state index is 13.7. The van der Waals surface area contributed by atoms with Crippen LogP contribution in [0.4, 0.5) is 11.5 Å². The highest BCUT2D eigenvalue weighted by Crippen LogP contribution is 2.34. The number of hydrogen-bond acceptors (Lipinski definition) is 6. The Bertz CT molecular complexity index is 1180. The van der Waals surface area contributed by atoms with Gasteiger partial charge in [-0.25, -0.2) is 9.50 Å². The number of aryl methyl sites for hydroxylation is 1. The number of likely N-dealkylation sites (tertiary alicyclic amines) is 1. The normalized spacial score (nSPS) is 18.8. The van der Waals surface area contributed by atoms with Crippen LogP contribution in [0.3, 0.4) is 0 Å². The minimum atomic E-state index is -0.0799. The van der Waals surface area contributed by atoms with E-state index in [2.05, 4.69) is 28.7 Å². The van der Waals surface area contributed by atoms with Crippen LogP contribution < -0.4 is 9.62 Å². The fourth-order valence-electron chi connectivity index (χ4n) is 4.93. The topological polar surface area (TPSA) is 65.8 Å². The standard InChI is InChI=1S/C24H29ClN6OS/c1-16-13-22(29-10-5-6-11-29)26-23-15-20(27-31(16)23)21-7-3-4-12-30(21)24(32)18-14-17(25)8-9-19(18)28-33-2/h8-9,13-15,21,28H,3-7,10-12H2,1-2H3. The van der Waals surface area contributed by atoms with Gasteiger partial charge in [-0.2, -0.15) is 5.10 Å². The monoisotopic (exact) mass is 484 g/mol. The molecule has 2 aliphatic heterocycles. The van der Waals surface area contributed by atoms with Gasteiger partial charge in [0.15, 0.2) is 5.65 Å². The van der Waals surface area contributed by atoms with Crippen LogP contribution in [0.5, 0.6) is 0 Å². The molecular weight excluding hydrogens is 456 g/mol. The molecule has 2 aliphatic rings. The second kappa shape index (κ2) is 9.43. The Morgan fingerprint density at radius 2 is 1.91 bits per heavy atom. The Balaban J connectivity index is 1.49. The van der Waals surface area contributed by atoms with E-state index in [4.69, 9.17) is 21.7 Å². The molecule has 1 aromatic carbocycles. The molecule has 2 saturated heterocycles. The van der Waals surface area contributed by atoms with E-state index in [9.17, 15) is 4.79 Å². The summed E-state index contributed by atoms with van der Waals surface area (Å²) in [4.78, 5) is 22.9. The molecule has 2 fully saturated rings. The van der Waals surface area contributed by atoms with Crippen LogP contribution in [-0.4, -0.2) is 51.3 Å². The van der Waals surface area contributed by atoms with Crippen molar-refractivity contribution in [2.24, 2.45) is 0 Å². The van der Waals surface area contributed by atoms with E-state index < -0.39 is 0 Å². The van der Waals surface area contributed by atoms with E-state index in [1.54, 1.807) is 12.1 Å². The molecule has 1 amide bonds. The van der Waals surface area contributed by atoms with E-state index in [-0.39, 0.29) is 11.9 Å². The zero-order chi connectivity index (χ0) is 22.9. The summed E-state index contributed by atoms with van der Waals surface area (Å²) in [5, 5.41) is 5.46. The van der Waals surface area contributed by atoms with E-state index in [0.717, 1.165) is 60.9 Å². The Morgan fingerprint density at radius 1 is 1.12 bits per heavy atom. The van der Waals surface area contributed by atoms with Crippen molar-refractivity contribution < 1.29 is 4.79 Å². The summed E-state index contributed by atoms with van der Waals surface area (Å²) in [5.41, 5.74) is 4.18. The van der Waals surface area contributed by atoms with Gasteiger partial charge in [-0.1, -0.05) is 23.5 Å². The largest absolute Gasteiger partial charge is 0.356 e. The number of aromatic nitrogens is 3. The molecule has 0 aliphatic carbocycles. The summed E-state index contributed by atoms with van der Waals surface area (Å²) in [6, 6.07) is 9.52. The first-order valence-corrected chi connectivity index (χ1v) is 13.2. The second-order valence-corrected chi connectivity index (χ2v) is 9.84. The molecule has 1 unspecified atom stereocenters. The van der Waals surface area contributed by atoms with Crippen molar-refractivity contribution >= 4 is 46.6 Å². The van der Waals surface area contributed by atoms with E-state index in [1.807, 2.05) is 21.7 Å². The number of halogens is 1. The molecule has 0 bridgehead atoms. The number of anilines is 2. The highest BCUT2D eigenvalue weighted by atomic mass is 35.5. The molecule has 1 atom stereocenters. The van der Waals surface area contributed by atoms with E-state index in [0.29, 0.717) is 17.1 Å². The van der Waals surface area contributed by atoms with E-state index in [1.165, 1.54) is 24.8 Å². The van der Waals surface area contributed by atoms with Crippen LogP contribution in [0.2, 0.25) is 5.02 Å². The number of nitrogens with one attached hydrogen (secondary N) is 1. The van der Waals surface area contributed by atoms with Gasteiger partial charge in [-0.3, -0.25) is 4.79 Å². The average molecular weight is 485 g/mol. The molecule has 4 heterocycles. The molecule has 5 rings (SSSR count). The lowest BCUT2D eigenvalue weighted by Crippen LogP contribution is -2.39. The third-order valence-corrected chi connectivity index (χ3v) is 7.23. The minimum Gasteiger partial charge on any atom is -0.356 e. The van der Waals surface area contributed by atoms with Gasteiger partial charge in [0, 0.05) is 48.7 Å². The molecule has 0 saturated carbocycles. The fourth-order valence-corrected chi connectivity index (χ4v) is 5.50. The Labute approximate surface area is 203 Å². The first kappa shape index (κ1) is 22.3. The molecule has 2 aromatic heterocycles. The number of benzene rings is 1. The van der Waals surface area contributed by atoms with Gasteiger partial charge in [0.1, 0.15) is 5.82 Å². The maximum Gasteiger partial charge on any atom is 0.256 e. The number of fused-ring (bicyclic) bond motifs is 1. The first-order valence-electron chi connectivity index (χ1n) is 11.6. The van der Waals surface area contributed by atoms with Gasteiger partial charge >= 0.3 is 0 Å². The zero-order valence-corrected chi connectivity index (χ0v) is 20.6. The van der Waals surface area contributed by atoms with Crippen molar-refractivity contribution in [1.82, 2.24) is 19.5 Å². The lowest BCUT2D eigenvalue weighted by molar-refractivity contribution is 0.0607. The van der Waals surface area contributed by atoms with Gasteiger partial charge in [0.05, 0.1) is 23.0 Å². The van der Waals surface area contributed by atoms with Crippen molar-refractivity contribution in [1.29, 1.82) is 0 Å². The summed E-state index contributed by atoms with van der Waals surface area (Å²) in [6.07, 6.45) is 7.31. The van der Waals surface area contributed by atoms with Crippen LogP contribution in [-0.2, 0) is 0 Å². The summed E-state index contributed by atoms with van der Waals surface area (Å²) < 4.78 is 5.12. The van der Waals surface area contributed by atoms with Crippen molar-refractivity contribution in [3.8, 4) is 0 Å². The Hall–Kier alpha value is -2.45. The molecule has 33 heavy (non-hydrogen) atoms. The van der Waals surface area contributed by atoms with Crippen LogP contribution in [0.1, 0.15) is 59.9 Å². The van der Waals surface area contributed by atoms with Crippen LogP contribution >= 0.6 is 23.5 Å². The number of nitrogens with zero attached hydrogens (tertiary/aromatic N) is 5. The molecule has 0 radical (unpaired) electrons. The quantitative estimate of drug-likeness (QED) is 0.492. The number of piperidine rings is 1. The van der Waals surface area contributed by atoms with Gasteiger partial charge in [0.25, 0.3) is 5.91 Å². The van der Waals surface area contributed by atoms with Gasteiger partial charge in [-0.15, -0.1) is 0 Å². The molecule has 9 heteroatoms. The molecule has 1 N–H and O–H groups in total. The van der Waals surface area contributed by atoms with Crippen LogP contribution in [0.25, 0.3) is 5.65 Å². The Morgan fingerprint density at radius 3 is 2.70 bits per heavy atom. The SMILES string of the molecule is CSNc1ccc(Cl)cc1C(=O)N1CCCCC1c1cc2nc(N3CCCC3)cc(C)n2n1. The predicted octanol–water partition coefficient (Wildman–Crippen LogP) is 5.35. The second-order valence-electron chi connectivity index (χ2n) is 8.80. The number of hydrogen-bond donors (Lipinski definition) is 1. The molecule has 174 valence electrons. The number of rotatable bonds is 5. The molecule has 7 nitrogen and oxygen atoms in total. The highest BCUT2D eigenvalue weighted by Gasteiger charge is 2.32. The molecule has 3 aromatic rings. The third kappa shape index (κ3) is 4.38. The van der Waals surface area contributed by atoms with Gasteiger partial charge in [0.2, 0.25) is 0 Å². The maximum absolute atomic E-state index is 13.7. The number of amides is 1. The smallest absolute Gasteiger partial charge is 0.256 e. The van der Waals surface area contributed by atoms with Crippen LogP contribution in [0.15, 0.2) is 30.3 Å². The predicted molar refractivity (Wildman–Crippen MR) is 135 cm³/mol. The number of carbonyl (C=O) groups is 1. The summed E-state index contributed by atoms with van der Waals surface area (Å²) in [7, 11) is 0. The van der Waals surface area contributed by atoms with Crippen molar-refractivity contribution in [3.63, 3.8) is 0 Å². The van der Waals surface area contributed by atoms with Crippen molar-refractivity contribution in [2.45, 2.75) is 45.1 Å². The van der Waals surface area contributed by atoms with E-state index >= 15 is 0 Å². The molecular formula is C24H29ClN6OS. The fraction of sp³-hybridized carbons (Fsp3) is 0.458.